The van der Waals surface area contributed by atoms with Gasteiger partial charge in [0.25, 0.3) is 0 Å². The Kier molecular flexibility index (Phi) is 7.37. The predicted molar refractivity (Wildman–Crippen MR) is 107 cm³/mol. The highest BCUT2D eigenvalue weighted by Gasteiger charge is 2.47. The molecule has 0 heterocycles. The van der Waals surface area contributed by atoms with Crippen LogP contribution in [-0.4, -0.2) is 54.6 Å². The minimum Gasteiger partial charge on any atom is -0.509 e. The first kappa shape index (κ1) is 21.7. The molecule has 0 aliphatic heterocycles. The molecule has 0 spiro atoms. The largest absolute Gasteiger partial charge is 0.509 e. The lowest BCUT2D eigenvalue weighted by molar-refractivity contribution is -0.173. The van der Waals surface area contributed by atoms with Crippen LogP contribution in [0.2, 0.25) is 0 Å². The van der Waals surface area contributed by atoms with Crippen molar-refractivity contribution in [1.82, 2.24) is 0 Å². The number of hydrogen-bond donors (Lipinski definition) is 6. The molecule has 0 saturated heterocycles. The summed E-state index contributed by atoms with van der Waals surface area (Å²) in [5, 5.41) is 62.4. The molecule has 0 bridgehead atoms. The maximum absolute atomic E-state index is 10.8. The second-order valence-corrected chi connectivity index (χ2v) is 6.60. The van der Waals surface area contributed by atoms with Crippen LogP contribution in [0.5, 0.6) is 0 Å². The predicted octanol–water partition coefficient (Wildman–Crippen LogP) is 2.41. The first-order chi connectivity index (χ1) is 13.3. The van der Waals surface area contributed by atoms with Gasteiger partial charge in [0.15, 0.2) is 0 Å². The van der Waals surface area contributed by atoms with E-state index in [2.05, 4.69) is 0 Å². The average Bonchev–Trinajstić information content (AvgIpc) is 2.72. The van der Waals surface area contributed by atoms with E-state index in [-0.39, 0.29) is 6.42 Å². The normalized spacial score (nSPS) is 18.2. The van der Waals surface area contributed by atoms with Crippen molar-refractivity contribution in [2.75, 3.05) is 0 Å². The third-order valence-corrected chi connectivity index (χ3v) is 4.66. The zero-order valence-electron chi connectivity index (χ0n) is 15.6. The SMILES string of the molecule is CC[C@@](O)([C@H](O)C(O)=Cc1ccccc1)[C@H](O)[C@@H](O)C(O)=Cc1ccccc1. The fourth-order valence-corrected chi connectivity index (χ4v) is 2.86. The first-order valence-electron chi connectivity index (χ1n) is 8.97. The van der Waals surface area contributed by atoms with Crippen molar-refractivity contribution in [1.29, 1.82) is 0 Å². The smallest absolute Gasteiger partial charge is 0.142 e. The Balaban J connectivity index is 2.25. The number of aliphatic hydroxyl groups excluding tert-OH is 5. The van der Waals surface area contributed by atoms with Gasteiger partial charge in [0.2, 0.25) is 0 Å². The van der Waals surface area contributed by atoms with E-state index < -0.39 is 35.4 Å². The Morgan fingerprint density at radius 2 is 1.25 bits per heavy atom. The highest BCUT2D eigenvalue weighted by molar-refractivity contribution is 5.53. The van der Waals surface area contributed by atoms with Crippen LogP contribution in [0.3, 0.4) is 0 Å². The molecule has 6 nitrogen and oxygen atoms in total. The van der Waals surface area contributed by atoms with E-state index in [0.717, 1.165) is 0 Å². The zero-order valence-corrected chi connectivity index (χ0v) is 15.6. The standard InChI is InChI=1S/C22H26O6/c1-2-22(28,20(26)18(24)14-16-11-7-4-8-12-16)21(27)19(25)17(23)13-15-9-5-3-6-10-15/h3-14,19-21,23-28H,2H2,1H3/t19-,20+,21+,22+/m0/s1. The lowest BCUT2D eigenvalue weighted by Gasteiger charge is -2.37. The second-order valence-electron chi connectivity index (χ2n) is 6.60. The van der Waals surface area contributed by atoms with E-state index >= 15 is 0 Å². The van der Waals surface area contributed by atoms with Gasteiger partial charge in [-0.05, 0) is 29.7 Å². The van der Waals surface area contributed by atoms with Gasteiger partial charge in [0, 0.05) is 0 Å². The summed E-state index contributed by atoms with van der Waals surface area (Å²) >= 11 is 0. The van der Waals surface area contributed by atoms with E-state index in [1.165, 1.54) is 19.1 Å². The number of rotatable bonds is 8. The Morgan fingerprint density at radius 3 is 1.68 bits per heavy atom. The van der Waals surface area contributed by atoms with Crippen LogP contribution in [0.15, 0.2) is 72.2 Å². The Labute approximate surface area is 164 Å². The van der Waals surface area contributed by atoms with Crippen LogP contribution >= 0.6 is 0 Å². The van der Waals surface area contributed by atoms with Crippen molar-refractivity contribution in [3.63, 3.8) is 0 Å². The summed E-state index contributed by atoms with van der Waals surface area (Å²) in [6.45, 7) is 1.48. The molecule has 0 radical (unpaired) electrons. The minimum absolute atomic E-state index is 0.197. The molecular formula is C22H26O6. The minimum atomic E-state index is -2.30. The summed E-state index contributed by atoms with van der Waals surface area (Å²) in [6, 6.07) is 17.3. The van der Waals surface area contributed by atoms with Crippen molar-refractivity contribution in [2.24, 2.45) is 0 Å². The quantitative estimate of drug-likeness (QED) is 0.388. The van der Waals surface area contributed by atoms with Gasteiger partial charge in [-0.1, -0.05) is 67.6 Å². The van der Waals surface area contributed by atoms with Gasteiger partial charge >= 0.3 is 0 Å². The molecule has 4 atom stereocenters. The van der Waals surface area contributed by atoms with Crippen LogP contribution in [0.4, 0.5) is 0 Å². The second kappa shape index (κ2) is 9.52. The molecule has 28 heavy (non-hydrogen) atoms. The first-order valence-corrected chi connectivity index (χ1v) is 8.97. The highest BCUT2D eigenvalue weighted by atomic mass is 16.4. The molecule has 0 amide bonds. The summed E-state index contributed by atoms with van der Waals surface area (Å²) in [5.41, 5.74) is -1.13. The van der Waals surface area contributed by atoms with Crippen LogP contribution in [0.1, 0.15) is 24.5 Å². The Hall–Kier alpha value is -2.64. The monoisotopic (exact) mass is 386 g/mol. The average molecular weight is 386 g/mol. The lowest BCUT2D eigenvalue weighted by Crippen LogP contribution is -2.57. The summed E-state index contributed by atoms with van der Waals surface area (Å²) in [7, 11) is 0. The number of hydrogen-bond acceptors (Lipinski definition) is 6. The van der Waals surface area contributed by atoms with Crippen molar-refractivity contribution < 1.29 is 30.6 Å². The van der Waals surface area contributed by atoms with E-state index in [1.807, 2.05) is 0 Å². The maximum Gasteiger partial charge on any atom is 0.142 e. The fraction of sp³-hybridized carbons (Fsp3) is 0.273. The van der Waals surface area contributed by atoms with Crippen molar-refractivity contribution in [3.05, 3.63) is 83.3 Å². The van der Waals surface area contributed by atoms with Gasteiger partial charge in [-0.2, -0.15) is 0 Å². The zero-order chi connectivity index (χ0) is 20.7. The van der Waals surface area contributed by atoms with Crippen LogP contribution < -0.4 is 0 Å². The van der Waals surface area contributed by atoms with Gasteiger partial charge in [0.1, 0.15) is 35.4 Å². The summed E-state index contributed by atoms with van der Waals surface area (Å²) in [5.74, 6) is -1.15. The molecule has 0 saturated carbocycles. The fourth-order valence-electron chi connectivity index (χ4n) is 2.86. The summed E-state index contributed by atoms with van der Waals surface area (Å²) in [4.78, 5) is 0. The van der Waals surface area contributed by atoms with Gasteiger partial charge in [-0.3, -0.25) is 0 Å². The number of benzene rings is 2. The summed E-state index contributed by atoms with van der Waals surface area (Å²) in [6.07, 6.45) is -3.41. The molecule has 0 aliphatic carbocycles. The van der Waals surface area contributed by atoms with Crippen LogP contribution in [0, 0.1) is 0 Å². The Morgan fingerprint density at radius 1 is 0.821 bits per heavy atom. The molecule has 0 fully saturated rings. The molecule has 2 aromatic carbocycles. The summed E-state index contributed by atoms with van der Waals surface area (Å²) < 4.78 is 0. The van der Waals surface area contributed by atoms with E-state index in [4.69, 9.17) is 0 Å². The highest BCUT2D eigenvalue weighted by Crippen LogP contribution is 2.29. The molecule has 0 aromatic heterocycles. The Bertz CT molecular complexity index is 802. The van der Waals surface area contributed by atoms with Crippen LogP contribution in [0.25, 0.3) is 12.2 Å². The third kappa shape index (κ3) is 4.99. The van der Waals surface area contributed by atoms with Crippen molar-refractivity contribution >= 4 is 12.2 Å². The van der Waals surface area contributed by atoms with Crippen molar-refractivity contribution in [2.45, 2.75) is 37.3 Å². The van der Waals surface area contributed by atoms with Gasteiger partial charge in [-0.25, -0.2) is 0 Å². The number of aliphatic hydroxyl groups is 6. The van der Waals surface area contributed by atoms with Gasteiger partial charge in [0.05, 0.1) is 0 Å². The van der Waals surface area contributed by atoms with E-state index in [0.29, 0.717) is 11.1 Å². The van der Waals surface area contributed by atoms with E-state index in [1.54, 1.807) is 60.7 Å². The van der Waals surface area contributed by atoms with Gasteiger partial charge in [-0.15, -0.1) is 0 Å². The molecule has 2 aromatic rings. The van der Waals surface area contributed by atoms with Crippen molar-refractivity contribution in [3.8, 4) is 0 Å². The molecule has 0 aliphatic rings. The molecule has 0 unspecified atom stereocenters. The van der Waals surface area contributed by atoms with Crippen LogP contribution in [-0.2, 0) is 0 Å². The maximum atomic E-state index is 10.8. The lowest BCUT2D eigenvalue weighted by atomic mass is 9.82. The molecule has 2 rings (SSSR count). The topological polar surface area (TPSA) is 121 Å². The third-order valence-electron chi connectivity index (χ3n) is 4.66. The van der Waals surface area contributed by atoms with Gasteiger partial charge < -0.3 is 30.6 Å². The molecule has 150 valence electrons. The molecule has 6 heteroatoms. The molecular weight excluding hydrogens is 360 g/mol. The molecule has 6 N–H and O–H groups in total. The van der Waals surface area contributed by atoms with E-state index in [9.17, 15) is 30.6 Å².